The van der Waals surface area contributed by atoms with Crippen LogP contribution in [0.5, 0.6) is 23.0 Å². The smallest absolute Gasteiger partial charge is 0.161 e. The summed E-state index contributed by atoms with van der Waals surface area (Å²) in [6.07, 6.45) is 3.17. The van der Waals surface area contributed by atoms with E-state index in [1.807, 2.05) is 18.2 Å². The van der Waals surface area contributed by atoms with Gasteiger partial charge >= 0.3 is 0 Å². The van der Waals surface area contributed by atoms with Crippen LogP contribution in [0.2, 0.25) is 0 Å². The highest BCUT2D eigenvalue weighted by Crippen LogP contribution is 2.34. The Hall–Kier alpha value is -2.44. The summed E-state index contributed by atoms with van der Waals surface area (Å²) in [5.41, 5.74) is 3.46. The van der Waals surface area contributed by atoms with Crippen molar-refractivity contribution in [3.63, 3.8) is 0 Å². The Morgan fingerprint density at radius 2 is 1.57 bits per heavy atom. The van der Waals surface area contributed by atoms with E-state index in [4.69, 9.17) is 18.9 Å². The zero-order chi connectivity index (χ0) is 21.5. The van der Waals surface area contributed by atoms with Gasteiger partial charge in [-0.2, -0.15) is 0 Å². The van der Waals surface area contributed by atoms with Crippen LogP contribution in [0, 0.1) is 0 Å². The zero-order valence-corrected chi connectivity index (χ0v) is 18.4. The third-order valence-electron chi connectivity index (χ3n) is 5.80. The molecule has 6 heteroatoms. The van der Waals surface area contributed by atoms with Crippen molar-refractivity contribution in [1.82, 2.24) is 4.90 Å². The molecule has 1 unspecified atom stereocenters. The number of hydrogen-bond donors (Lipinski definition) is 1. The molecular formula is C24H33NO5. The molecule has 0 radical (unpaired) electrons. The predicted octanol–water partition coefficient (Wildman–Crippen LogP) is 3.98. The molecule has 164 valence electrons. The molecular weight excluding hydrogens is 382 g/mol. The Bertz CT molecular complexity index is 839. The number of aliphatic hydroxyl groups is 1. The Balaban J connectivity index is 1.50. The van der Waals surface area contributed by atoms with Crippen LogP contribution in [0.4, 0.5) is 0 Å². The molecule has 1 N–H and O–H groups in total. The molecule has 2 aromatic rings. The Labute approximate surface area is 179 Å². The summed E-state index contributed by atoms with van der Waals surface area (Å²) in [7, 11) is 6.59. The van der Waals surface area contributed by atoms with Gasteiger partial charge in [-0.15, -0.1) is 0 Å². The first-order chi connectivity index (χ1) is 14.6. The monoisotopic (exact) mass is 415 g/mol. The summed E-state index contributed by atoms with van der Waals surface area (Å²) < 4.78 is 21.5. The molecule has 0 saturated heterocycles. The van der Waals surface area contributed by atoms with Gasteiger partial charge in [-0.05, 0) is 67.6 Å². The highest BCUT2D eigenvalue weighted by molar-refractivity contribution is 5.48. The number of methoxy groups -OCH3 is 4. The Morgan fingerprint density at radius 3 is 2.23 bits per heavy atom. The molecule has 6 nitrogen and oxygen atoms in total. The second-order valence-corrected chi connectivity index (χ2v) is 7.62. The standard InChI is InChI=1S/C24H33NO5/c1-27-19-8-9-20(22(15-19)28-2)21(26)7-5-6-11-25-12-10-17-13-23(29-3)24(30-4)14-18(17)16-25/h8-9,13-15,21,26H,5-7,10-12,16H2,1-4H3. The van der Waals surface area contributed by atoms with E-state index >= 15 is 0 Å². The Morgan fingerprint density at radius 1 is 0.867 bits per heavy atom. The number of ether oxygens (including phenoxy) is 4. The van der Waals surface area contributed by atoms with Gasteiger partial charge in [0.25, 0.3) is 0 Å². The first-order valence-electron chi connectivity index (χ1n) is 10.5. The van der Waals surface area contributed by atoms with Gasteiger partial charge in [0.1, 0.15) is 11.5 Å². The van der Waals surface area contributed by atoms with Gasteiger partial charge in [-0.1, -0.05) is 0 Å². The summed E-state index contributed by atoms with van der Waals surface area (Å²) in [5.74, 6) is 2.98. The van der Waals surface area contributed by atoms with Gasteiger partial charge < -0.3 is 24.1 Å². The lowest BCUT2D eigenvalue weighted by Gasteiger charge is -2.29. The minimum absolute atomic E-state index is 0.537. The summed E-state index contributed by atoms with van der Waals surface area (Å²) in [4.78, 5) is 2.47. The van der Waals surface area contributed by atoms with Gasteiger partial charge in [-0.3, -0.25) is 4.90 Å². The van der Waals surface area contributed by atoms with Crippen molar-refractivity contribution in [2.45, 2.75) is 38.3 Å². The summed E-state index contributed by atoms with van der Waals surface area (Å²) in [6.45, 7) is 2.97. The number of fused-ring (bicyclic) bond motifs is 1. The van der Waals surface area contributed by atoms with E-state index in [2.05, 4.69) is 17.0 Å². The molecule has 1 heterocycles. The maximum Gasteiger partial charge on any atom is 0.161 e. The van der Waals surface area contributed by atoms with E-state index in [0.717, 1.165) is 61.7 Å². The van der Waals surface area contributed by atoms with Crippen LogP contribution in [-0.4, -0.2) is 51.5 Å². The van der Waals surface area contributed by atoms with Crippen LogP contribution in [0.25, 0.3) is 0 Å². The number of unbranched alkanes of at least 4 members (excludes halogenated alkanes) is 1. The summed E-state index contributed by atoms with van der Waals surface area (Å²) in [6, 6.07) is 9.75. The van der Waals surface area contributed by atoms with Gasteiger partial charge in [0, 0.05) is 24.7 Å². The third kappa shape index (κ3) is 5.18. The average molecular weight is 416 g/mol. The van der Waals surface area contributed by atoms with Crippen molar-refractivity contribution in [2.24, 2.45) is 0 Å². The highest BCUT2D eigenvalue weighted by Gasteiger charge is 2.19. The summed E-state index contributed by atoms with van der Waals surface area (Å²) in [5, 5.41) is 10.6. The van der Waals surface area contributed by atoms with Crippen LogP contribution >= 0.6 is 0 Å². The SMILES string of the molecule is COc1ccc(C(O)CCCCN2CCc3cc(OC)c(OC)cc3C2)c(OC)c1. The van der Waals surface area contributed by atoms with E-state index in [9.17, 15) is 5.11 Å². The second-order valence-electron chi connectivity index (χ2n) is 7.62. The number of hydrogen-bond acceptors (Lipinski definition) is 6. The largest absolute Gasteiger partial charge is 0.497 e. The maximum absolute atomic E-state index is 10.6. The fourth-order valence-electron chi connectivity index (χ4n) is 4.05. The van der Waals surface area contributed by atoms with Crippen molar-refractivity contribution in [3.8, 4) is 23.0 Å². The van der Waals surface area contributed by atoms with E-state index in [-0.39, 0.29) is 0 Å². The highest BCUT2D eigenvalue weighted by atomic mass is 16.5. The van der Waals surface area contributed by atoms with Crippen LogP contribution in [-0.2, 0) is 13.0 Å². The lowest BCUT2D eigenvalue weighted by Crippen LogP contribution is -2.31. The predicted molar refractivity (Wildman–Crippen MR) is 117 cm³/mol. The van der Waals surface area contributed by atoms with Crippen LogP contribution in [0.3, 0.4) is 0 Å². The first-order valence-corrected chi connectivity index (χ1v) is 10.5. The molecule has 0 aliphatic carbocycles. The molecule has 30 heavy (non-hydrogen) atoms. The van der Waals surface area contributed by atoms with E-state index < -0.39 is 6.10 Å². The Kier molecular flexibility index (Phi) is 7.82. The lowest BCUT2D eigenvalue weighted by molar-refractivity contribution is 0.156. The second kappa shape index (κ2) is 10.5. The molecule has 3 rings (SSSR count). The van der Waals surface area contributed by atoms with Gasteiger partial charge in [0.2, 0.25) is 0 Å². The van der Waals surface area contributed by atoms with Crippen LogP contribution in [0.15, 0.2) is 30.3 Å². The fraction of sp³-hybridized carbons (Fsp3) is 0.500. The van der Waals surface area contributed by atoms with E-state index in [0.29, 0.717) is 12.2 Å². The maximum atomic E-state index is 10.6. The van der Waals surface area contributed by atoms with Crippen LogP contribution < -0.4 is 18.9 Å². The van der Waals surface area contributed by atoms with E-state index in [1.165, 1.54) is 11.1 Å². The molecule has 0 aromatic heterocycles. The average Bonchev–Trinajstić information content (AvgIpc) is 2.79. The molecule has 0 bridgehead atoms. The summed E-state index contributed by atoms with van der Waals surface area (Å²) >= 11 is 0. The third-order valence-corrected chi connectivity index (χ3v) is 5.80. The molecule has 1 aliphatic rings. The minimum Gasteiger partial charge on any atom is -0.497 e. The quantitative estimate of drug-likeness (QED) is 0.592. The zero-order valence-electron chi connectivity index (χ0n) is 18.4. The molecule has 2 aromatic carbocycles. The van der Waals surface area contributed by atoms with Gasteiger partial charge in [0.15, 0.2) is 11.5 Å². The number of benzene rings is 2. The molecule has 0 amide bonds. The van der Waals surface area contributed by atoms with Crippen molar-refractivity contribution in [1.29, 1.82) is 0 Å². The minimum atomic E-state index is -0.537. The molecule has 0 saturated carbocycles. The van der Waals surface area contributed by atoms with Crippen molar-refractivity contribution < 1.29 is 24.1 Å². The van der Waals surface area contributed by atoms with Gasteiger partial charge in [0.05, 0.1) is 34.5 Å². The van der Waals surface area contributed by atoms with Crippen molar-refractivity contribution >= 4 is 0 Å². The number of rotatable bonds is 10. The van der Waals surface area contributed by atoms with E-state index in [1.54, 1.807) is 28.4 Å². The molecule has 0 fully saturated rings. The molecule has 1 atom stereocenters. The molecule has 1 aliphatic heterocycles. The van der Waals surface area contributed by atoms with Gasteiger partial charge in [-0.25, -0.2) is 0 Å². The first kappa shape index (κ1) is 22.2. The van der Waals surface area contributed by atoms with Crippen LogP contribution in [0.1, 0.15) is 42.1 Å². The number of nitrogens with zero attached hydrogens (tertiary/aromatic N) is 1. The fourth-order valence-corrected chi connectivity index (χ4v) is 4.05. The van der Waals surface area contributed by atoms with Crippen molar-refractivity contribution in [2.75, 3.05) is 41.5 Å². The normalized spacial score (nSPS) is 14.7. The lowest BCUT2D eigenvalue weighted by atomic mass is 9.98. The van der Waals surface area contributed by atoms with Crippen molar-refractivity contribution in [3.05, 3.63) is 47.0 Å². The molecule has 0 spiro atoms. The number of aliphatic hydroxyl groups excluding tert-OH is 1. The topological polar surface area (TPSA) is 60.4 Å².